The quantitative estimate of drug-likeness (QED) is 0.795. The Kier molecular flexibility index (Phi) is 4.14. The topological polar surface area (TPSA) is 75.3 Å². The number of hydrogen-bond donors (Lipinski definition) is 3. The first kappa shape index (κ1) is 13.9. The van der Waals surface area contributed by atoms with E-state index in [0.717, 1.165) is 10.1 Å². The number of carbonyl (C=O) groups is 1. The van der Waals surface area contributed by atoms with Crippen molar-refractivity contribution in [2.45, 2.75) is 19.1 Å². The minimum Gasteiger partial charge on any atom is -0.392 e. The van der Waals surface area contributed by atoms with Gasteiger partial charge >= 0.3 is 0 Å². The van der Waals surface area contributed by atoms with E-state index in [-0.39, 0.29) is 18.3 Å². The smallest absolute Gasteiger partial charge is 0.261 e. The van der Waals surface area contributed by atoms with Crippen LogP contribution >= 0.6 is 11.3 Å². The zero-order valence-electron chi connectivity index (χ0n) is 10.4. The van der Waals surface area contributed by atoms with Crippen molar-refractivity contribution in [2.75, 3.05) is 6.54 Å². The molecule has 1 amide bonds. The van der Waals surface area contributed by atoms with Crippen LogP contribution in [0, 0.1) is 5.82 Å². The molecule has 0 spiro atoms. The van der Waals surface area contributed by atoms with E-state index in [1.165, 1.54) is 23.5 Å². The molecule has 1 heterocycles. The van der Waals surface area contributed by atoms with Crippen molar-refractivity contribution in [2.24, 2.45) is 5.73 Å². The molecular weight excluding hydrogens is 267 g/mol. The number of aliphatic hydroxyl groups is 1. The first-order valence-electron chi connectivity index (χ1n) is 5.88. The summed E-state index contributed by atoms with van der Waals surface area (Å²) in [5.74, 6) is -0.588. The van der Waals surface area contributed by atoms with E-state index in [9.17, 15) is 14.3 Å². The van der Waals surface area contributed by atoms with Crippen LogP contribution in [0.3, 0.4) is 0 Å². The van der Waals surface area contributed by atoms with Crippen molar-refractivity contribution >= 4 is 27.3 Å². The average molecular weight is 282 g/mol. The molecule has 2 rings (SSSR count). The molecule has 0 saturated heterocycles. The summed E-state index contributed by atoms with van der Waals surface area (Å²) in [5.41, 5.74) is 5.63. The number of aliphatic hydroxyl groups excluding tert-OH is 1. The van der Waals surface area contributed by atoms with Gasteiger partial charge < -0.3 is 16.2 Å². The summed E-state index contributed by atoms with van der Waals surface area (Å²) < 4.78 is 13.8. The van der Waals surface area contributed by atoms with Crippen molar-refractivity contribution in [1.82, 2.24) is 5.32 Å². The highest BCUT2D eigenvalue weighted by Gasteiger charge is 2.14. The van der Waals surface area contributed by atoms with Gasteiger partial charge in [-0.3, -0.25) is 4.79 Å². The second-order valence-corrected chi connectivity index (χ2v) is 5.49. The van der Waals surface area contributed by atoms with Crippen LogP contribution in [0.15, 0.2) is 24.3 Å². The van der Waals surface area contributed by atoms with Crippen molar-refractivity contribution in [1.29, 1.82) is 0 Å². The number of fused-ring (bicyclic) bond motifs is 1. The molecule has 19 heavy (non-hydrogen) atoms. The van der Waals surface area contributed by atoms with Gasteiger partial charge in [-0.05, 0) is 30.5 Å². The van der Waals surface area contributed by atoms with Crippen LogP contribution in [-0.2, 0) is 0 Å². The largest absolute Gasteiger partial charge is 0.392 e. The third-order valence-electron chi connectivity index (χ3n) is 2.82. The van der Waals surface area contributed by atoms with Gasteiger partial charge in [-0.2, -0.15) is 0 Å². The van der Waals surface area contributed by atoms with Crippen molar-refractivity contribution in [3.05, 3.63) is 35.0 Å². The SMILES string of the molecule is CC(O)C(N)CNC(=O)c1cc2ccc(F)cc2s1. The Bertz CT molecular complexity index is 597. The highest BCUT2D eigenvalue weighted by Crippen LogP contribution is 2.26. The lowest BCUT2D eigenvalue weighted by Crippen LogP contribution is -2.43. The molecule has 6 heteroatoms. The number of benzene rings is 1. The summed E-state index contributed by atoms with van der Waals surface area (Å²) in [6, 6.07) is 5.61. The molecule has 2 unspecified atom stereocenters. The fraction of sp³-hybridized carbons (Fsp3) is 0.308. The van der Waals surface area contributed by atoms with Gasteiger partial charge in [-0.25, -0.2) is 4.39 Å². The van der Waals surface area contributed by atoms with Crippen molar-refractivity contribution < 1.29 is 14.3 Å². The molecule has 4 N–H and O–H groups in total. The van der Waals surface area contributed by atoms with Gasteiger partial charge in [0.15, 0.2) is 0 Å². The molecule has 0 fully saturated rings. The highest BCUT2D eigenvalue weighted by atomic mass is 32.1. The van der Waals surface area contributed by atoms with E-state index in [0.29, 0.717) is 4.88 Å². The Labute approximate surface area is 114 Å². The number of thiophene rings is 1. The lowest BCUT2D eigenvalue weighted by Gasteiger charge is -2.14. The summed E-state index contributed by atoms with van der Waals surface area (Å²) >= 11 is 1.22. The molecule has 2 aromatic rings. The van der Waals surface area contributed by atoms with Crippen molar-refractivity contribution in [3.63, 3.8) is 0 Å². The molecule has 0 radical (unpaired) electrons. The zero-order chi connectivity index (χ0) is 14.0. The second kappa shape index (κ2) is 5.64. The normalized spacial score (nSPS) is 14.3. The minimum absolute atomic E-state index is 0.194. The Morgan fingerprint density at radius 1 is 1.53 bits per heavy atom. The Hall–Kier alpha value is -1.50. The third-order valence-corrected chi connectivity index (χ3v) is 3.92. The number of nitrogens with one attached hydrogen (secondary N) is 1. The predicted molar refractivity (Wildman–Crippen MR) is 73.8 cm³/mol. The molecule has 4 nitrogen and oxygen atoms in total. The van der Waals surface area contributed by atoms with Gasteiger partial charge in [0, 0.05) is 17.3 Å². The molecule has 1 aromatic heterocycles. The van der Waals surface area contributed by atoms with Crippen LogP contribution in [0.1, 0.15) is 16.6 Å². The van der Waals surface area contributed by atoms with Crippen LogP contribution in [0.4, 0.5) is 4.39 Å². The average Bonchev–Trinajstić information content (AvgIpc) is 2.78. The number of halogens is 1. The molecule has 0 aliphatic carbocycles. The summed E-state index contributed by atoms with van der Waals surface area (Å²) in [6.07, 6.45) is -0.684. The number of nitrogens with two attached hydrogens (primary N) is 1. The lowest BCUT2D eigenvalue weighted by molar-refractivity contribution is 0.0941. The number of amides is 1. The molecular formula is C13H15FN2O2S. The number of hydrogen-bond acceptors (Lipinski definition) is 4. The monoisotopic (exact) mass is 282 g/mol. The maximum absolute atomic E-state index is 13.1. The van der Waals surface area contributed by atoms with E-state index >= 15 is 0 Å². The summed E-state index contributed by atoms with van der Waals surface area (Å²) in [5, 5.41) is 12.7. The maximum atomic E-state index is 13.1. The summed E-state index contributed by atoms with van der Waals surface area (Å²) in [7, 11) is 0. The fourth-order valence-electron chi connectivity index (χ4n) is 1.59. The van der Waals surface area contributed by atoms with Crippen LogP contribution < -0.4 is 11.1 Å². The maximum Gasteiger partial charge on any atom is 0.261 e. The van der Waals surface area contributed by atoms with E-state index < -0.39 is 12.1 Å². The predicted octanol–water partition coefficient (Wildman–Crippen LogP) is 1.48. The first-order chi connectivity index (χ1) is 8.97. The number of rotatable bonds is 4. The minimum atomic E-state index is -0.684. The van der Waals surface area contributed by atoms with Gasteiger partial charge in [0.1, 0.15) is 5.82 Å². The Morgan fingerprint density at radius 2 is 2.26 bits per heavy atom. The second-order valence-electron chi connectivity index (χ2n) is 4.41. The molecule has 0 aliphatic rings. The van der Waals surface area contributed by atoms with Gasteiger partial charge in [-0.15, -0.1) is 11.3 Å². The lowest BCUT2D eigenvalue weighted by atomic mass is 10.2. The van der Waals surface area contributed by atoms with Crippen LogP contribution in [0.2, 0.25) is 0 Å². The molecule has 1 aromatic carbocycles. The van der Waals surface area contributed by atoms with E-state index in [2.05, 4.69) is 5.32 Å². The van der Waals surface area contributed by atoms with Gasteiger partial charge in [0.25, 0.3) is 5.91 Å². The standard InChI is InChI=1S/C13H15FN2O2S/c1-7(17)10(15)6-16-13(18)12-4-8-2-3-9(14)5-11(8)19-12/h2-5,7,10,17H,6,15H2,1H3,(H,16,18). The van der Waals surface area contributed by atoms with Crippen LogP contribution in [0.5, 0.6) is 0 Å². The van der Waals surface area contributed by atoms with Gasteiger partial charge in [0.2, 0.25) is 0 Å². The Balaban J connectivity index is 2.09. The third kappa shape index (κ3) is 3.28. The van der Waals surface area contributed by atoms with E-state index in [1.807, 2.05) is 0 Å². The van der Waals surface area contributed by atoms with Gasteiger partial charge in [-0.1, -0.05) is 6.07 Å². The molecule has 0 bridgehead atoms. The molecule has 102 valence electrons. The highest BCUT2D eigenvalue weighted by molar-refractivity contribution is 7.20. The van der Waals surface area contributed by atoms with Crippen molar-refractivity contribution in [3.8, 4) is 0 Å². The first-order valence-corrected chi connectivity index (χ1v) is 6.70. The Morgan fingerprint density at radius 3 is 2.95 bits per heavy atom. The zero-order valence-corrected chi connectivity index (χ0v) is 11.2. The van der Waals surface area contributed by atoms with Crippen LogP contribution in [-0.4, -0.2) is 29.7 Å². The van der Waals surface area contributed by atoms with E-state index in [4.69, 9.17) is 5.73 Å². The summed E-state index contributed by atoms with van der Waals surface area (Å²) in [6.45, 7) is 1.76. The molecule has 0 aliphatic heterocycles. The molecule has 2 atom stereocenters. The fourth-order valence-corrected chi connectivity index (χ4v) is 2.59. The van der Waals surface area contributed by atoms with Gasteiger partial charge in [0.05, 0.1) is 11.0 Å². The van der Waals surface area contributed by atoms with E-state index in [1.54, 1.807) is 19.1 Å². The molecule has 0 saturated carbocycles. The number of carbonyl (C=O) groups excluding carboxylic acids is 1. The van der Waals surface area contributed by atoms with Crippen LogP contribution in [0.25, 0.3) is 10.1 Å². The summed E-state index contributed by atoms with van der Waals surface area (Å²) in [4.78, 5) is 12.4.